The zero-order chi connectivity index (χ0) is 19.3. The van der Waals surface area contributed by atoms with Gasteiger partial charge < -0.3 is 15.2 Å². The van der Waals surface area contributed by atoms with E-state index in [0.717, 1.165) is 0 Å². The average molecular weight is 361 g/mol. The van der Waals surface area contributed by atoms with Gasteiger partial charge in [-0.25, -0.2) is 4.79 Å². The smallest absolute Gasteiger partial charge is 0.342 e. The standard InChI is InChI=1S/C19H23NO6/c1-11-6-7-15(22)18(24)14(21)5-3-4-12-8-13(20-2)9-16(23)17(12)19(25)26-10-11/h8-9,11,20,23H,3-7,10H2,1-2H3/t11-/m1/s1. The summed E-state index contributed by atoms with van der Waals surface area (Å²) in [5.74, 6) is -3.36. The number of aryl methyl sites for hydroxylation is 1. The number of carbonyl (C=O) groups excluding carboxylic acids is 4. The van der Waals surface area contributed by atoms with Crippen LogP contribution in [0.3, 0.4) is 0 Å². The van der Waals surface area contributed by atoms with Crippen LogP contribution in [0, 0.1) is 5.92 Å². The van der Waals surface area contributed by atoms with E-state index in [1.54, 1.807) is 20.0 Å². The molecule has 0 unspecified atom stereocenters. The van der Waals surface area contributed by atoms with Gasteiger partial charge in [0, 0.05) is 31.6 Å². The van der Waals surface area contributed by atoms with E-state index in [4.69, 9.17) is 4.74 Å². The second-order valence-corrected chi connectivity index (χ2v) is 6.55. The van der Waals surface area contributed by atoms with Crippen molar-refractivity contribution >= 4 is 29.0 Å². The van der Waals surface area contributed by atoms with Gasteiger partial charge >= 0.3 is 5.97 Å². The maximum Gasteiger partial charge on any atom is 0.342 e. The number of fused-ring (bicyclic) bond motifs is 1. The van der Waals surface area contributed by atoms with Gasteiger partial charge in [0.15, 0.2) is 0 Å². The highest BCUT2D eigenvalue weighted by Gasteiger charge is 2.25. The lowest BCUT2D eigenvalue weighted by molar-refractivity contribution is -0.144. The van der Waals surface area contributed by atoms with Crippen molar-refractivity contribution in [3.63, 3.8) is 0 Å². The second-order valence-electron chi connectivity index (χ2n) is 6.55. The molecule has 26 heavy (non-hydrogen) atoms. The summed E-state index contributed by atoms with van der Waals surface area (Å²) in [4.78, 5) is 48.0. The number of phenols is 1. The van der Waals surface area contributed by atoms with Crippen LogP contribution in [0.1, 0.15) is 48.5 Å². The fourth-order valence-corrected chi connectivity index (χ4v) is 2.84. The third-order valence-electron chi connectivity index (χ3n) is 4.41. The van der Waals surface area contributed by atoms with Gasteiger partial charge in [-0.1, -0.05) is 6.92 Å². The molecule has 0 fully saturated rings. The first-order chi connectivity index (χ1) is 12.3. The summed E-state index contributed by atoms with van der Waals surface area (Å²) in [5.41, 5.74) is 1.21. The summed E-state index contributed by atoms with van der Waals surface area (Å²) in [6.45, 7) is 1.84. The Balaban J connectivity index is 2.33. The van der Waals surface area contributed by atoms with E-state index in [1.165, 1.54) is 6.07 Å². The third kappa shape index (κ3) is 4.68. The van der Waals surface area contributed by atoms with E-state index in [0.29, 0.717) is 17.7 Å². The van der Waals surface area contributed by atoms with E-state index >= 15 is 0 Å². The Bertz CT molecular complexity index is 740. The highest BCUT2D eigenvalue weighted by molar-refractivity contribution is 6.63. The van der Waals surface area contributed by atoms with E-state index in [1.807, 2.05) is 0 Å². The van der Waals surface area contributed by atoms with Crippen molar-refractivity contribution < 1.29 is 29.0 Å². The van der Waals surface area contributed by atoms with Gasteiger partial charge in [0.05, 0.1) is 6.61 Å². The molecule has 140 valence electrons. The zero-order valence-corrected chi connectivity index (χ0v) is 15.0. The number of rotatable bonds is 1. The fourth-order valence-electron chi connectivity index (χ4n) is 2.84. The lowest BCUT2D eigenvalue weighted by atomic mass is 9.96. The average Bonchev–Trinajstić information content (AvgIpc) is 2.62. The van der Waals surface area contributed by atoms with Crippen molar-refractivity contribution in [3.8, 4) is 5.75 Å². The molecule has 7 nitrogen and oxygen atoms in total. The van der Waals surface area contributed by atoms with Gasteiger partial charge in [0.1, 0.15) is 11.3 Å². The third-order valence-corrected chi connectivity index (χ3v) is 4.41. The number of phenolic OH excluding ortho intramolecular Hbond substituents is 1. The van der Waals surface area contributed by atoms with Crippen LogP contribution in [0.2, 0.25) is 0 Å². The molecule has 0 bridgehead atoms. The Kier molecular flexibility index (Phi) is 6.49. The molecule has 0 aliphatic carbocycles. The Morgan fingerprint density at radius 3 is 2.46 bits per heavy atom. The number of Topliss-reactive ketones (excluding diaryl/α,β-unsaturated/α-hetero) is 3. The molecule has 0 saturated carbocycles. The molecule has 1 aromatic rings. The first kappa shape index (κ1) is 19.6. The first-order valence-electron chi connectivity index (χ1n) is 8.64. The molecular formula is C19H23NO6. The molecule has 0 aromatic heterocycles. The summed E-state index contributed by atoms with van der Waals surface area (Å²) < 4.78 is 5.28. The number of nitrogens with one attached hydrogen (secondary N) is 1. The number of carbonyl (C=O) groups is 4. The number of benzene rings is 1. The lowest BCUT2D eigenvalue weighted by Gasteiger charge is -2.16. The maximum atomic E-state index is 12.4. The zero-order valence-electron chi connectivity index (χ0n) is 15.0. The van der Waals surface area contributed by atoms with Gasteiger partial charge in [-0.15, -0.1) is 0 Å². The van der Waals surface area contributed by atoms with E-state index < -0.39 is 23.3 Å². The number of ether oxygens (including phenoxy) is 1. The van der Waals surface area contributed by atoms with Crippen molar-refractivity contribution in [2.75, 3.05) is 19.0 Å². The van der Waals surface area contributed by atoms with Gasteiger partial charge in [0.25, 0.3) is 5.78 Å². The van der Waals surface area contributed by atoms with Gasteiger partial charge in [-0.3, -0.25) is 14.4 Å². The lowest BCUT2D eigenvalue weighted by Crippen LogP contribution is -2.25. The minimum Gasteiger partial charge on any atom is -0.507 e. The minimum atomic E-state index is -0.960. The van der Waals surface area contributed by atoms with Crippen LogP contribution in [0.15, 0.2) is 12.1 Å². The Labute approximate surface area is 151 Å². The summed E-state index contributed by atoms with van der Waals surface area (Å²) in [6, 6.07) is 3.13. The minimum absolute atomic E-state index is 0.0450. The number of aromatic hydroxyl groups is 1. The van der Waals surface area contributed by atoms with Crippen LogP contribution in [-0.4, -0.2) is 42.1 Å². The van der Waals surface area contributed by atoms with Crippen molar-refractivity contribution in [3.05, 3.63) is 23.3 Å². The Morgan fingerprint density at radius 2 is 1.77 bits per heavy atom. The summed E-state index contributed by atoms with van der Waals surface area (Å²) in [6.07, 6.45) is 0.774. The molecular weight excluding hydrogens is 338 g/mol. The van der Waals surface area contributed by atoms with Crippen LogP contribution in [-0.2, 0) is 25.5 Å². The molecule has 0 amide bonds. The Morgan fingerprint density at radius 1 is 1.08 bits per heavy atom. The number of ketones is 3. The monoisotopic (exact) mass is 361 g/mol. The number of esters is 1. The van der Waals surface area contributed by atoms with E-state index in [2.05, 4.69) is 5.32 Å². The topological polar surface area (TPSA) is 110 Å². The molecule has 2 rings (SSSR count). The summed E-state index contributed by atoms with van der Waals surface area (Å²) in [5, 5.41) is 13.1. The highest BCUT2D eigenvalue weighted by atomic mass is 16.5. The number of cyclic esters (lactones) is 1. The molecule has 0 saturated heterocycles. The molecule has 0 spiro atoms. The first-order valence-corrected chi connectivity index (χ1v) is 8.64. The van der Waals surface area contributed by atoms with Crippen LogP contribution in [0.4, 0.5) is 5.69 Å². The quantitative estimate of drug-likeness (QED) is 0.582. The van der Waals surface area contributed by atoms with Gasteiger partial charge in [-0.2, -0.15) is 0 Å². The maximum absolute atomic E-state index is 12.4. The van der Waals surface area contributed by atoms with Gasteiger partial charge in [0.2, 0.25) is 11.6 Å². The van der Waals surface area contributed by atoms with Crippen LogP contribution in [0.5, 0.6) is 5.75 Å². The number of anilines is 1. The van der Waals surface area contributed by atoms with Crippen molar-refractivity contribution in [2.24, 2.45) is 5.92 Å². The molecule has 1 aliphatic rings. The van der Waals surface area contributed by atoms with Crippen molar-refractivity contribution in [1.29, 1.82) is 0 Å². The SMILES string of the molecule is CNc1cc(O)c2c(c1)CCCC(=O)C(=O)C(=O)CC[C@@H](C)COC2=O. The normalized spacial score (nSPS) is 20.2. The number of hydrogen-bond donors (Lipinski definition) is 2. The molecule has 1 aliphatic heterocycles. The molecule has 1 aromatic carbocycles. The highest BCUT2D eigenvalue weighted by Crippen LogP contribution is 2.29. The predicted molar refractivity (Wildman–Crippen MR) is 94.3 cm³/mol. The molecule has 7 heteroatoms. The van der Waals surface area contributed by atoms with Gasteiger partial charge in [-0.05, 0) is 36.8 Å². The largest absolute Gasteiger partial charge is 0.507 e. The van der Waals surface area contributed by atoms with Crippen LogP contribution in [0.25, 0.3) is 0 Å². The molecule has 1 heterocycles. The van der Waals surface area contributed by atoms with Crippen LogP contribution < -0.4 is 5.32 Å². The Hall–Kier alpha value is -2.70. The van der Waals surface area contributed by atoms with Crippen molar-refractivity contribution in [2.45, 2.75) is 39.0 Å². The molecule has 0 radical (unpaired) electrons. The molecule has 2 N–H and O–H groups in total. The van der Waals surface area contributed by atoms with E-state index in [-0.39, 0.29) is 49.5 Å². The fraction of sp³-hybridized carbons (Fsp3) is 0.474. The summed E-state index contributed by atoms with van der Waals surface area (Å²) >= 11 is 0. The second kappa shape index (κ2) is 8.60. The van der Waals surface area contributed by atoms with E-state index in [9.17, 15) is 24.3 Å². The van der Waals surface area contributed by atoms with Crippen LogP contribution >= 0.6 is 0 Å². The molecule has 1 atom stereocenters. The number of hydrogen-bond acceptors (Lipinski definition) is 7. The summed E-state index contributed by atoms with van der Waals surface area (Å²) in [7, 11) is 1.68. The van der Waals surface area contributed by atoms with Crippen molar-refractivity contribution in [1.82, 2.24) is 0 Å². The predicted octanol–water partition coefficient (Wildman–Crippen LogP) is 2.05.